The van der Waals surface area contributed by atoms with E-state index >= 15 is 0 Å². The van der Waals surface area contributed by atoms with Crippen molar-refractivity contribution < 1.29 is 23.8 Å². The molecule has 1 atom stereocenters. The van der Waals surface area contributed by atoms with Crippen LogP contribution in [0.1, 0.15) is 22.9 Å². The van der Waals surface area contributed by atoms with Crippen molar-refractivity contribution in [1.29, 1.82) is 0 Å². The van der Waals surface area contributed by atoms with Gasteiger partial charge < -0.3 is 24.1 Å². The number of halogens is 3. The first-order valence-electron chi connectivity index (χ1n) is 12.9. The average molecular weight is 624 g/mol. The predicted octanol–water partition coefficient (Wildman–Crippen LogP) is 8.51. The maximum Gasteiger partial charge on any atom is 0.519 e. The van der Waals surface area contributed by atoms with E-state index < -0.39 is 6.16 Å². The Morgan fingerprint density at radius 3 is 1.93 bits per heavy atom. The second-order valence-electron chi connectivity index (χ2n) is 9.34. The van der Waals surface area contributed by atoms with Crippen LogP contribution in [0.25, 0.3) is 10.9 Å². The third-order valence-corrected chi connectivity index (χ3v) is 7.46. The molecular formula is C32H25Cl3N2O5. The summed E-state index contributed by atoms with van der Waals surface area (Å²) in [4.78, 5) is 29.1. The van der Waals surface area contributed by atoms with Gasteiger partial charge in [0.2, 0.25) is 6.41 Å². The Morgan fingerprint density at radius 1 is 0.810 bits per heavy atom. The molecule has 4 aromatic carbocycles. The molecule has 1 aromatic heterocycles. The summed E-state index contributed by atoms with van der Waals surface area (Å²) in [6, 6.07) is 26.1. The summed E-state index contributed by atoms with van der Waals surface area (Å²) in [7, 11) is 1.63. The zero-order chi connectivity index (χ0) is 29.6. The molecule has 10 heteroatoms. The van der Waals surface area contributed by atoms with Gasteiger partial charge in [-0.1, -0.05) is 46.9 Å². The van der Waals surface area contributed by atoms with E-state index in [9.17, 15) is 9.59 Å². The number of rotatable bonds is 5. The molecule has 214 valence electrons. The minimum atomic E-state index is -0.855. The Labute approximate surface area is 257 Å². The fraction of sp³-hybridized carbons (Fsp3) is 0.125. The number of H-pyrrole nitrogens is 1. The number of nitrogens with one attached hydrogen (secondary N) is 1. The standard InChI is InChI=1S/C25H18Cl2N2O4.C7H7ClO/c26-16-3-8-19(9-4-16)33-25(31)32-18-6-1-15(2-7-18)24-23-20(11-12-29(24)14-30)21-13-17(27)5-10-22(21)28-23;1-9-7-4-2-6(8)3-5-7/h1-10,13-14,24,28H,11-12H2;2-5H,1H3. The van der Waals surface area contributed by atoms with Crippen LogP contribution in [0.3, 0.4) is 0 Å². The molecule has 5 aromatic rings. The molecule has 2 heterocycles. The minimum Gasteiger partial charge on any atom is -0.497 e. The van der Waals surface area contributed by atoms with Gasteiger partial charge in [-0.15, -0.1) is 0 Å². The first-order chi connectivity index (χ1) is 20.3. The number of hydrogen-bond donors (Lipinski definition) is 1. The third-order valence-electron chi connectivity index (χ3n) is 6.72. The van der Waals surface area contributed by atoms with Crippen molar-refractivity contribution in [2.24, 2.45) is 0 Å². The highest BCUT2D eigenvalue weighted by Gasteiger charge is 2.31. The van der Waals surface area contributed by atoms with Crippen molar-refractivity contribution in [2.75, 3.05) is 13.7 Å². The number of benzene rings is 4. The third kappa shape index (κ3) is 6.82. The molecular weight excluding hydrogens is 599 g/mol. The second kappa shape index (κ2) is 13.2. The summed E-state index contributed by atoms with van der Waals surface area (Å²) in [5.74, 6) is 1.49. The number of fused-ring (bicyclic) bond motifs is 3. The van der Waals surface area contributed by atoms with Gasteiger partial charge in [0.25, 0.3) is 0 Å². The molecule has 0 aliphatic carbocycles. The molecule has 7 nitrogen and oxygen atoms in total. The number of aromatic amines is 1. The molecule has 6 rings (SSSR count). The number of ether oxygens (including phenoxy) is 3. The molecule has 1 unspecified atom stereocenters. The van der Waals surface area contributed by atoms with Crippen LogP contribution in [0.15, 0.2) is 91.0 Å². The number of carbonyl (C=O) groups is 2. The summed E-state index contributed by atoms with van der Waals surface area (Å²) in [5.41, 5.74) is 3.98. The first kappa shape index (κ1) is 29.3. The molecule has 0 spiro atoms. The van der Waals surface area contributed by atoms with Gasteiger partial charge in [0.1, 0.15) is 17.2 Å². The Kier molecular flexibility index (Phi) is 9.22. The van der Waals surface area contributed by atoms with Crippen LogP contribution in [-0.2, 0) is 11.2 Å². The zero-order valence-electron chi connectivity index (χ0n) is 22.4. The molecule has 0 fully saturated rings. The summed E-state index contributed by atoms with van der Waals surface area (Å²) in [6.45, 7) is 0.590. The fourth-order valence-corrected chi connectivity index (χ4v) is 5.18. The van der Waals surface area contributed by atoms with Gasteiger partial charge in [-0.2, -0.15) is 0 Å². The lowest BCUT2D eigenvalue weighted by Gasteiger charge is -2.33. The van der Waals surface area contributed by atoms with E-state index in [1.165, 1.54) is 0 Å². The van der Waals surface area contributed by atoms with E-state index in [0.29, 0.717) is 28.1 Å². The molecule has 1 N–H and O–H groups in total. The van der Waals surface area contributed by atoms with Crippen LogP contribution in [0.4, 0.5) is 4.79 Å². The van der Waals surface area contributed by atoms with E-state index in [4.69, 9.17) is 49.0 Å². The zero-order valence-corrected chi connectivity index (χ0v) is 24.6. The van der Waals surface area contributed by atoms with Gasteiger partial charge in [-0.05, 0) is 96.4 Å². The SMILES string of the molecule is COc1ccc(Cl)cc1.O=CN1CCc2c([nH]c3ccc(Cl)cc23)C1c1ccc(OC(=O)Oc2ccc(Cl)cc2)cc1. The van der Waals surface area contributed by atoms with Crippen molar-refractivity contribution >= 4 is 58.3 Å². The van der Waals surface area contributed by atoms with Crippen LogP contribution < -0.4 is 14.2 Å². The van der Waals surface area contributed by atoms with E-state index in [1.807, 2.05) is 42.5 Å². The second-order valence-corrected chi connectivity index (χ2v) is 10.6. The summed E-state index contributed by atoms with van der Waals surface area (Å²) in [5, 5.41) is 3.01. The first-order valence-corrected chi connectivity index (χ1v) is 14.0. The largest absolute Gasteiger partial charge is 0.519 e. The van der Waals surface area contributed by atoms with Crippen LogP contribution in [0, 0.1) is 0 Å². The Balaban J connectivity index is 0.000000336. The summed E-state index contributed by atoms with van der Waals surface area (Å²) < 4.78 is 15.3. The van der Waals surface area contributed by atoms with E-state index in [1.54, 1.807) is 60.5 Å². The normalized spacial score (nSPS) is 13.9. The van der Waals surface area contributed by atoms with E-state index in [-0.39, 0.29) is 6.04 Å². The van der Waals surface area contributed by atoms with Gasteiger partial charge in [0, 0.05) is 38.2 Å². The maximum atomic E-state index is 12.1. The van der Waals surface area contributed by atoms with Crippen molar-refractivity contribution in [2.45, 2.75) is 12.5 Å². The Hall–Kier alpha value is -4.17. The van der Waals surface area contributed by atoms with Crippen LogP contribution in [-0.4, -0.2) is 36.1 Å². The lowest BCUT2D eigenvalue weighted by atomic mass is 9.93. The lowest BCUT2D eigenvalue weighted by molar-refractivity contribution is -0.120. The average Bonchev–Trinajstić information content (AvgIpc) is 3.37. The summed E-state index contributed by atoms with van der Waals surface area (Å²) in [6.07, 6.45) is 0.745. The number of amides is 1. The predicted molar refractivity (Wildman–Crippen MR) is 164 cm³/mol. The van der Waals surface area contributed by atoms with Crippen LogP contribution in [0.5, 0.6) is 17.2 Å². The Morgan fingerprint density at radius 2 is 1.36 bits per heavy atom. The van der Waals surface area contributed by atoms with Crippen molar-refractivity contribution in [3.8, 4) is 17.2 Å². The number of carbonyl (C=O) groups excluding carboxylic acids is 2. The van der Waals surface area contributed by atoms with Crippen LogP contribution in [0.2, 0.25) is 15.1 Å². The summed E-state index contributed by atoms with van der Waals surface area (Å²) >= 11 is 17.7. The molecule has 0 bridgehead atoms. The van der Waals surface area contributed by atoms with E-state index in [2.05, 4.69) is 4.98 Å². The smallest absolute Gasteiger partial charge is 0.497 e. The van der Waals surface area contributed by atoms with Gasteiger partial charge in [-0.25, -0.2) is 4.79 Å². The molecule has 0 radical (unpaired) electrons. The number of nitrogens with zero attached hydrogens (tertiary/aromatic N) is 1. The topological polar surface area (TPSA) is 80.9 Å². The van der Waals surface area contributed by atoms with Crippen LogP contribution >= 0.6 is 34.8 Å². The molecule has 42 heavy (non-hydrogen) atoms. The van der Waals surface area contributed by atoms with Crippen molar-refractivity contribution in [3.05, 3.63) is 123 Å². The fourth-order valence-electron chi connectivity index (χ4n) is 4.76. The molecule has 1 amide bonds. The van der Waals surface area contributed by atoms with Crippen molar-refractivity contribution in [1.82, 2.24) is 9.88 Å². The lowest BCUT2D eigenvalue weighted by Crippen LogP contribution is -2.34. The molecule has 0 saturated carbocycles. The molecule has 0 saturated heterocycles. The van der Waals surface area contributed by atoms with Gasteiger partial charge in [0.15, 0.2) is 0 Å². The van der Waals surface area contributed by atoms with Gasteiger partial charge >= 0.3 is 6.16 Å². The monoisotopic (exact) mass is 622 g/mol. The number of hydrogen-bond acceptors (Lipinski definition) is 5. The quantitative estimate of drug-likeness (QED) is 0.121. The van der Waals surface area contributed by atoms with Gasteiger partial charge in [-0.3, -0.25) is 4.79 Å². The Bertz CT molecular complexity index is 1690. The minimum absolute atomic E-state index is 0.285. The number of aromatic nitrogens is 1. The highest BCUT2D eigenvalue weighted by atomic mass is 35.5. The maximum absolute atomic E-state index is 12.1. The van der Waals surface area contributed by atoms with Gasteiger partial charge in [0.05, 0.1) is 13.2 Å². The van der Waals surface area contributed by atoms with Crippen molar-refractivity contribution in [3.63, 3.8) is 0 Å². The highest BCUT2D eigenvalue weighted by Crippen LogP contribution is 2.38. The molecule has 1 aliphatic heterocycles. The number of methoxy groups -OCH3 is 1. The van der Waals surface area contributed by atoms with E-state index in [0.717, 1.165) is 51.3 Å². The molecule has 1 aliphatic rings. The highest BCUT2D eigenvalue weighted by molar-refractivity contribution is 6.31.